The van der Waals surface area contributed by atoms with Crippen LogP contribution in [0.1, 0.15) is 5.56 Å². The first kappa shape index (κ1) is 13.9. The zero-order chi connectivity index (χ0) is 14.2. The molecule has 0 N–H and O–H groups in total. The van der Waals surface area contributed by atoms with Crippen molar-refractivity contribution in [1.82, 2.24) is 0 Å². The molecular formula is C15H11ClN4. The molecule has 0 aliphatic heterocycles. The van der Waals surface area contributed by atoms with Gasteiger partial charge < -0.3 is 0 Å². The van der Waals surface area contributed by atoms with Crippen LogP contribution in [-0.2, 0) is 0 Å². The van der Waals surface area contributed by atoms with Crippen LogP contribution in [-0.4, -0.2) is 6.21 Å². The van der Waals surface area contributed by atoms with E-state index in [-0.39, 0.29) is 0 Å². The Hall–Kier alpha value is -2.55. The Morgan fingerprint density at radius 1 is 1.00 bits per heavy atom. The van der Waals surface area contributed by atoms with E-state index in [1.807, 2.05) is 42.5 Å². The number of halogens is 1. The first-order valence-corrected chi connectivity index (χ1v) is 6.28. The first-order chi connectivity index (χ1) is 9.79. The van der Waals surface area contributed by atoms with Crippen LogP contribution < -0.4 is 0 Å². The number of para-hydroxylation sites is 1. The molecular weight excluding hydrogens is 272 g/mol. The molecule has 0 bridgehead atoms. The average molecular weight is 283 g/mol. The zero-order valence-electron chi connectivity index (χ0n) is 10.5. The second kappa shape index (κ2) is 7.14. The van der Waals surface area contributed by atoms with Crippen molar-refractivity contribution in [3.05, 3.63) is 75.6 Å². The molecule has 0 amide bonds. The molecule has 0 aromatic heterocycles. The van der Waals surface area contributed by atoms with Crippen LogP contribution in [0.5, 0.6) is 0 Å². The van der Waals surface area contributed by atoms with Gasteiger partial charge in [0.05, 0.1) is 11.4 Å². The Balaban J connectivity index is 2.10. The molecule has 0 spiro atoms. The van der Waals surface area contributed by atoms with Crippen molar-refractivity contribution in [2.45, 2.75) is 0 Å². The zero-order valence-corrected chi connectivity index (χ0v) is 11.3. The van der Waals surface area contributed by atoms with E-state index in [1.54, 1.807) is 24.4 Å². The van der Waals surface area contributed by atoms with Gasteiger partial charge >= 0.3 is 0 Å². The van der Waals surface area contributed by atoms with Crippen molar-refractivity contribution in [1.29, 1.82) is 0 Å². The largest absolute Gasteiger partial charge is 0.256 e. The predicted molar refractivity (Wildman–Crippen MR) is 83.9 cm³/mol. The van der Waals surface area contributed by atoms with Gasteiger partial charge in [-0.2, -0.15) is 0 Å². The van der Waals surface area contributed by atoms with Crippen LogP contribution in [0, 0.1) is 0 Å². The molecule has 98 valence electrons. The van der Waals surface area contributed by atoms with Gasteiger partial charge in [0.15, 0.2) is 0 Å². The SMILES string of the molecule is [N-]=[N+]=Nc1ccccc1N=C/C=C/c1ccc(Cl)cc1. The van der Waals surface area contributed by atoms with E-state index in [0.717, 1.165) is 5.56 Å². The number of rotatable bonds is 4. The molecule has 0 unspecified atom stereocenters. The van der Waals surface area contributed by atoms with E-state index in [4.69, 9.17) is 17.1 Å². The van der Waals surface area contributed by atoms with E-state index in [9.17, 15) is 0 Å². The number of hydrogen-bond acceptors (Lipinski definition) is 2. The van der Waals surface area contributed by atoms with E-state index in [2.05, 4.69) is 15.0 Å². The second-order valence-corrected chi connectivity index (χ2v) is 4.30. The Kier molecular flexibility index (Phi) is 4.95. The summed E-state index contributed by atoms with van der Waals surface area (Å²) in [5, 5.41) is 4.29. The summed E-state index contributed by atoms with van der Waals surface area (Å²) in [4.78, 5) is 7.03. The van der Waals surface area contributed by atoms with Crippen LogP contribution in [0.3, 0.4) is 0 Å². The molecule has 2 rings (SSSR count). The molecule has 0 fully saturated rings. The van der Waals surface area contributed by atoms with Gasteiger partial charge in [-0.05, 0) is 35.4 Å². The summed E-state index contributed by atoms with van der Waals surface area (Å²) in [6.45, 7) is 0. The fraction of sp³-hybridized carbons (Fsp3) is 0. The van der Waals surface area contributed by atoms with Gasteiger partial charge in [-0.1, -0.05) is 53.1 Å². The van der Waals surface area contributed by atoms with Gasteiger partial charge in [-0.15, -0.1) is 0 Å². The number of nitrogens with zero attached hydrogens (tertiary/aromatic N) is 4. The highest BCUT2D eigenvalue weighted by Gasteiger charge is 1.94. The molecule has 0 aliphatic rings. The van der Waals surface area contributed by atoms with E-state index >= 15 is 0 Å². The maximum absolute atomic E-state index is 8.47. The molecule has 20 heavy (non-hydrogen) atoms. The molecule has 2 aromatic rings. The number of azide groups is 1. The third kappa shape index (κ3) is 3.99. The lowest BCUT2D eigenvalue weighted by atomic mass is 10.2. The molecule has 0 saturated heterocycles. The molecule has 0 aliphatic carbocycles. The van der Waals surface area contributed by atoms with Gasteiger partial charge in [-0.3, -0.25) is 4.99 Å². The summed E-state index contributed by atoms with van der Waals surface area (Å²) in [7, 11) is 0. The number of benzene rings is 2. The van der Waals surface area contributed by atoms with Crippen molar-refractivity contribution >= 4 is 35.3 Å². The van der Waals surface area contributed by atoms with Crippen LogP contribution in [0.2, 0.25) is 5.02 Å². The lowest BCUT2D eigenvalue weighted by Gasteiger charge is -1.96. The highest BCUT2D eigenvalue weighted by atomic mass is 35.5. The van der Waals surface area contributed by atoms with Crippen LogP contribution in [0.4, 0.5) is 11.4 Å². The summed E-state index contributed by atoms with van der Waals surface area (Å²) >= 11 is 5.81. The minimum Gasteiger partial charge on any atom is -0.256 e. The molecule has 0 atom stereocenters. The topological polar surface area (TPSA) is 61.1 Å². The minimum absolute atomic E-state index is 0.506. The summed E-state index contributed by atoms with van der Waals surface area (Å²) in [5.41, 5.74) is 10.6. The van der Waals surface area contributed by atoms with Gasteiger partial charge in [0.25, 0.3) is 0 Å². The number of allylic oxidation sites excluding steroid dienone is 1. The van der Waals surface area contributed by atoms with Gasteiger partial charge in [0.1, 0.15) is 0 Å². The van der Waals surface area contributed by atoms with E-state index < -0.39 is 0 Å². The highest BCUT2D eigenvalue weighted by Crippen LogP contribution is 2.26. The normalized spacial score (nSPS) is 10.8. The lowest BCUT2D eigenvalue weighted by Crippen LogP contribution is -1.72. The van der Waals surface area contributed by atoms with Gasteiger partial charge in [0, 0.05) is 16.1 Å². The van der Waals surface area contributed by atoms with Crippen molar-refractivity contribution in [3.63, 3.8) is 0 Å². The summed E-state index contributed by atoms with van der Waals surface area (Å²) in [5.74, 6) is 0. The van der Waals surface area contributed by atoms with Gasteiger partial charge in [-0.25, -0.2) is 0 Å². The summed E-state index contributed by atoms with van der Waals surface area (Å²) < 4.78 is 0. The molecule has 5 heteroatoms. The molecule has 0 radical (unpaired) electrons. The fourth-order valence-electron chi connectivity index (χ4n) is 1.56. The van der Waals surface area contributed by atoms with Crippen molar-refractivity contribution in [2.24, 2.45) is 10.1 Å². The molecule has 0 saturated carbocycles. The Morgan fingerprint density at radius 3 is 2.40 bits per heavy atom. The van der Waals surface area contributed by atoms with Crippen molar-refractivity contribution < 1.29 is 0 Å². The summed E-state index contributed by atoms with van der Waals surface area (Å²) in [6.07, 6.45) is 5.38. The molecule has 2 aromatic carbocycles. The molecule has 0 heterocycles. The molecule has 4 nitrogen and oxygen atoms in total. The minimum atomic E-state index is 0.506. The highest BCUT2D eigenvalue weighted by molar-refractivity contribution is 6.30. The lowest BCUT2D eigenvalue weighted by molar-refractivity contribution is 1.43. The van der Waals surface area contributed by atoms with E-state index in [0.29, 0.717) is 16.4 Å². The number of aliphatic imine (C=N–C) groups is 1. The Labute approximate surface area is 121 Å². The van der Waals surface area contributed by atoms with E-state index in [1.165, 1.54) is 0 Å². The van der Waals surface area contributed by atoms with Crippen LogP contribution >= 0.6 is 11.6 Å². The standard InChI is InChI=1S/C15H11ClN4/c16-13-9-7-12(8-10-13)4-3-11-18-14-5-1-2-6-15(14)19-20-17/h1-11H/b4-3+,18-11?. The summed E-state index contributed by atoms with van der Waals surface area (Å²) in [6, 6.07) is 14.6. The second-order valence-electron chi connectivity index (χ2n) is 3.87. The van der Waals surface area contributed by atoms with Crippen LogP contribution in [0.25, 0.3) is 16.5 Å². The quantitative estimate of drug-likeness (QED) is 0.299. The third-order valence-corrected chi connectivity index (χ3v) is 2.74. The maximum Gasteiger partial charge on any atom is 0.0725 e. The smallest absolute Gasteiger partial charge is 0.0725 e. The monoisotopic (exact) mass is 282 g/mol. The first-order valence-electron chi connectivity index (χ1n) is 5.90. The Bertz CT molecular complexity index is 683. The van der Waals surface area contributed by atoms with Crippen LogP contribution in [0.15, 0.2) is 64.7 Å². The van der Waals surface area contributed by atoms with Gasteiger partial charge in [0.2, 0.25) is 0 Å². The Morgan fingerprint density at radius 2 is 1.70 bits per heavy atom. The fourth-order valence-corrected chi connectivity index (χ4v) is 1.68. The van der Waals surface area contributed by atoms with Crippen molar-refractivity contribution in [2.75, 3.05) is 0 Å². The number of hydrogen-bond donors (Lipinski definition) is 0. The maximum atomic E-state index is 8.47. The third-order valence-electron chi connectivity index (χ3n) is 2.49. The predicted octanol–water partition coefficient (Wildman–Crippen LogP) is 5.70. The van der Waals surface area contributed by atoms with Crippen molar-refractivity contribution in [3.8, 4) is 0 Å². The average Bonchev–Trinajstić information content (AvgIpc) is 2.47.